The molecule has 0 spiro atoms. The summed E-state index contributed by atoms with van der Waals surface area (Å²) in [5.74, 6) is 0.909. The van der Waals surface area contributed by atoms with Crippen LogP contribution in [0.15, 0.2) is 96.2 Å². The fraction of sp³-hybridized carbons (Fsp3) is 0.161. The van der Waals surface area contributed by atoms with Gasteiger partial charge in [-0.2, -0.15) is 0 Å². The Labute approximate surface area is 222 Å². The number of aryl methyl sites for hydroxylation is 2. The van der Waals surface area contributed by atoms with Crippen LogP contribution >= 0.6 is 0 Å². The van der Waals surface area contributed by atoms with Gasteiger partial charge in [0.15, 0.2) is 5.82 Å². The number of methoxy groups -OCH3 is 1. The van der Waals surface area contributed by atoms with Gasteiger partial charge in [-0.3, -0.25) is 0 Å². The van der Waals surface area contributed by atoms with Gasteiger partial charge in [0, 0.05) is 37.0 Å². The number of rotatable bonds is 7. The number of aliphatic imine (C=N–C) groups is 1. The summed E-state index contributed by atoms with van der Waals surface area (Å²) in [6.45, 7) is 2.06. The number of ether oxygens (including phenoxy) is 1. The minimum atomic E-state index is -0.352. The zero-order chi connectivity index (χ0) is 26.6. The Bertz CT molecular complexity index is 1580. The van der Waals surface area contributed by atoms with Crippen molar-refractivity contribution < 1.29 is 9.53 Å². The minimum absolute atomic E-state index is 0.352. The van der Waals surface area contributed by atoms with E-state index in [1.54, 1.807) is 12.4 Å². The average Bonchev–Trinajstić information content (AvgIpc) is 3.36. The van der Waals surface area contributed by atoms with Crippen LogP contribution in [0, 0.1) is 0 Å². The zero-order valence-electron chi connectivity index (χ0n) is 21.9. The first-order chi connectivity index (χ1) is 18.5. The second-order valence-corrected chi connectivity index (χ2v) is 8.97. The summed E-state index contributed by atoms with van der Waals surface area (Å²) in [5.41, 5.74) is 6.96. The van der Waals surface area contributed by atoms with Crippen molar-refractivity contribution >= 4 is 40.0 Å². The van der Waals surface area contributed by atoms with Gasteiger partial charge < -0.3 is 14.2 Å². The molecule has 0 aliphatic rings. The Hall–Kier alpha value is -4.78. The number of carbonyl (C=O) groups is 1. The largest absolute Gasteiger partial charge is 0.465 e. The number of esters is 1. The summed E-state index contributed by atoms with van der Waals surface area (Å²) in [6.07, 6.45) is 2.53. The topological polar surface area (TPSA) is 72.6 Å². The summed E-state index contributed by atoms with van der Waals surface area (Å²) < 4.78 is 6.88. The van der Waals surface area contributed by atoms with Crippen molar-refractivity contribution in [2.75, 3.05) is 19.1 Å². The highest BCUT2D eigenvalue weighted by Crippen LogP contribution is 2.33. The lowest BCUT2D eigenvalue weighted by atomic mass is 10.0. The van der Waals surface area contributed by atoms with E-state index in [0.717, 1.165) is 51.4 Å². The molecule has 190 valence electrons. The molecule has 0 saturated heterocycles. The number of hydrogen-bond acceptors (Lipinski definition) is 6. The molecule has 3 aromatic carbocycles. The first kappa shape index (κ1) is 24.9. The van der Waals surface area contributed by atoms with Gasteiger partial charge in [-0.15, -0.1) is 0 Å². The number of anilines is 2. The van der Waals surface area contributed by atoms with E-state index in [-0.39, 0.29) is 5.97 Å². The van der Waals surface area contributed by atoms with Gasteiger partial charge in [0.25, 0.3) is 0 Å². The third-order valence-electron chi connectivity index (χ3n) is 6.58. The predicted octanol–water partition coefficient (Wildman–Crippen LogP) is 6.25. The van der Waals surface area contributed by atoms with Crippen molar-refractivity contribution in [2.45, 2.75) is 13.3 Å². The van der Waals surface area contributed by atoms with Gasteiger partial charge in [0.2, 0.25) is 0 Å². The Morgan fingerprint density at radius 2 is 1.61 bits per heavy atom. The molecular weight excluding hydrogens is 474 g/mol. The Balaban J connectivity index is 1.68. The number of aromatic nitrogens is 3. The van der Waals surface area contributed by atoms with Gasteiger partial charge in [0.1, 0.15) is 11.3 Å². The molecule has 0 N–H and O–H groups in total. The van der Waals surface area contributed by atoms with Crippen molar-refractivity contribution in [3.05, 3.63) is 114 Å². The lowest BCUT2D eigenvalue weighted by Gasteiger charge is -2.22. The lowest BCUT2D eigenvalue weighted by Crippen LogP contribution is -2.14. The van der Waals surface area contributed by atoms with Crippen LogP contribution < -0.4 is 4.90 Å². The van der Waals surface area contributed by atoms with E-state index in [1.807, 2.05) is 102 Å². The lowest BCUT2D eigenvalue weighted by molar-refractivity contribution is 0.0600. The quantitative estimate of drug-likeness (QED) is 0.194. The van der Waals surface area contributed by atoms with E-state index in [0.29, 0.717) is 11.4 Å². The molecule has 2 heterocycles. The molecule has 0 fully saturated rings. The third-order valence-corrected chi connectivity index (χ3v) is 6.58. The fourth-order valence-electron chi connectivity index (χ4n) is 4.51. The van der Waals surface area contributed by atoms with Crippen molar-refractivity contribution in [3.8, 4) is 0 Å². The van der Waals surface area contributed by atoms with E-state index in [9.17, 15) is 4.79 Å². The van der Waals surface area contributed by atoms with Crippen LogP contribution in [-0.4, -0.2) is 40.4 Å². The van der Waals surface area contributed by atoms with Crippen LogP contribution in [0.5, 0.6) is 0 Å². The van der Waals surface area contributed by atoms with Crippen LogP contribution in [-0.2, 0) is 18.2 Å². The number of benzene rings is 3. The van der Waals surface area contributed by atoms with Gasteiger partial charge in [0.05, 0.1) is 30.2 Å². The monoisotopic (exact) mass is 503 g/mol. The normalized spacial score (nSPS) is 10.8. The average molecular weight is 504 g/mol. The van der Waals surface area contributed by atoms with Gasteiger partial charge >= 0.3 is 5.97 Å². The Kier molecular flexibility index (Phi) is 7.00. The maximum Gasteiger partial charge on any atom is 0.337 e. The van der Waals surface area contributed by atoms with Crippen LogP contribution in [0.2, 0.25) is 0 Å². The molecule has 0 unspecified atom stereocenters. The van der Waals surface area contributed by atoms with Crippen LogP contribution in [0.4, 0.5) is 17.3 Å². The highest BCUT2D eigenvalue weighted by Gasteiger charge is 2.18. The van der Waals surface area contributed by atoms with Crippen molar-refractivity contribution in [3.63, 3.8) is 0 Å². The molecule has 7 nitrogen and oxygen atoms in total. The van der Waals surface area contributed by atoms with E-state index < -0.39 is 0 Å². The molecule has 0 atom stereocenters. The number of hydrogen-bond donors (Lipinski definition) is 0. The van der Waals surface area contributed by atoms with E-state index in [1.165, 1.54) is 7.11 Å². The summed E-state index contributed by atoms with van der Waals surface area (Å²) in [6, 6.07) is 27.8. The highest BCUT2D eigenvalue weighted by atomic mass is 16.5. The molecule has 0 aliphatic heterocycles. The van der Waals surface area contributed by atoms with E-state index >= 15 is 0 Å². The second kappa shape index (κ2) is 10.7. The van der Waals surface area contributed by atoms with Crippen molar-refractivity contribution in [1.29, 1.82) is 0 Å². The van der Waals surface area contributed by atoms with Gasteiger partial charge in [-0.05, 0) is 30.2 Å². The highest BCUT2D eigenvalue weighted by molar-refractivity contribution is 6.14. The maximum atomic E-state index is 12.1. The summed E-state index contributed by atoms with van der Waals surface area (Å²) in [4.78, 5) is 28.9. The summed E-state index contributed by atoms with van der Waals surface area (Å²) in [7, 11) is 5.33. The molecule has 0 radical (unpaired) electrons. The summed E-state index contributed by atoms with van der Waals surface area (Å²) in [5, 5.41) is 0. The van der Waals surface area contributed by atoms with Crippen LogP contribution in [0.25, 0.3) is 11.0 Å². The molecule has 5 rings (SSSR count). The first-order valence-corrected chi connectivity index (χ1v) is 12.5. The van der Waals surface area contributed by atoms with Crippen LogP contribution in [0.3, 0.4) is 0 Å². The zero-order valence-corrected chi connectivity index (χ0v) is 21.9. The smallest absolute Gasteiger partial charge is 0.337 e. The molecule has 0 saturated carbocycles. The number of pyridine rings is 1. The third kappa shape index (κ3) is 4.78. The summed E-state index contributed by atoms with van der Waals surface area (Å²) >= 11 is 0. The number of fused-ring (bicyclic) bond motifs is 1. The molecule has 2 aromatic heterocycles. The molecule has 0 aliphatic carbocycles. The molecule has 0 bridgehead atoms. The molecule has 38 heavy (non-hydrogen) atoms. The van der Waals surface area contributed by atoms with Gasteiger partial charge in [-0.25, -0.2) is 19.8 Å². The SMILES string of the molecule is CCc1cc(C(=O)OC)ccc1N(C)c1cc2c(ncn2C)c(N=C(c2ccccc2)c2ccccc2)n1. The van der Waals surface area contributed by atoms with E-state index in [4.69, 9.17) is 14.7 Å². The molecule has 5 aromatic rings. The number of nitrogens with zero attached hydrogens (tertiary/aromatic N) is 5. The molecule has 0 amide bonds. The van der Waals surface area contributed by atoms with Crippen molar-refractivity contribution in [2.24, 2.45) is 12.0 Å². The minimum Gasteiger partial charge on any atom is -0.465 e. The Morgan fingerprint density at radius 1 is 0.947 bits per heavy atom. The predicted molar refractivity (Wildman–Crippen MR) is 152 cm³/mol. The second-order valence-electron chi connectivity index (χ2n) is 8.97. The molecule has 7 heteroatoms. The van der Waals surface area contributed by atoms with Crippen molar-refractivity contribution in [1.82, 2.24) is 14.5 Å². The maximum absolute atomic E-state index is 12.1. The van der Waals surface area contributed by atoms with E-state index in [2.05, 4.69) is 11.9 Å². The molecular formula is C31H29N5O2. The first-order valence-electron chi connectivity index (χ1n) is 12.5. The fourth-order valence-corrected chi connectivity index (χ4v) is 4.51. The Morgan fingerprint density at radius 3 is 2.21 bits per heavy atom. The van der Waals surface area contributed by atoms with Gasteiger partial charge in [-0.1, -0.05) is 67.6 Å². The van der Waals surface area contributed by atoms with Crippen LogP contribution in [0.1, 0.15) is 34.0 Å². The number of imidazole rings is 1. The standard InChI is InChI=1S/C31H29N5O2/c1-5-21-18-24(31(37)38-4)16-17-25(21)36(3)27-19-26-29(32-20-35(26)2)30(33-27)34-28(22-12-8-6-9-13-22)23-14-10-7-11-15-23/h6-20H,5H2,1-4H3. The number of carbonyl (C=O) groups excluding carboxylic acids is 1.